The number of phenolic OH excluding ortho intramolecular Hbond substituents is 1. The van der Waals surface area contributed by atoms with E-state index in [-0.39, 0.29) is 11.8 Å². The molecule has 0 aliphatic rings. The average Bonchev–Trinajstić information content (AvgIpc) is 2.42. The Bertz CT molecular complexity index is 737. The van der Waals surface area contributed by atoms with Crippen LogP contribution < -0.4 is 5.32 Å². The lowest BCUT2D eigenvalue weighted by Gasteiger charge is -2.16. The van der Waals surface area contributed by atoms with Gasteiger partial charge < -0.3 is 10.4 Å². The van der Waals surface area contributed by atoms with Crippen LogP contribution in [-0.2, 0) is 9.84 Å². The highest BCUT2D eigenvalue weighted by Gasteiger charge is 2.10. The van der Waals surface area contributed by atoms with Crippen molar-refractivity contribution < 1.29 is 13.5 Å². The molecule has 0 saturated carbocycles. The predicted octanol–water partition coefficient (Wildman–Crippen LogP) is 3.28. The number of aromatic hydroxyl groups is 1. The van der Waals surface area contributed by atoms with Gasteiger partial charge in [-0.05, 0) is 43.2 Å². The number of hydrogen-bond acceptors (Lipinski definition) is 4. The van der Waals surface area contributed by atoms with E-state index in [1.54, 1.807) is 30.3 Å². The zero-order valence-corrected chi connectivity index (χ0v) is 13.1. The second kappa shape index (κ2) is 5.77. The third-order valence-corrected chi connectivity index (χ3v) is 4.53. The van der Waals surface area contributed by atoms with Crippen LogP contribution in [0.4, 0.5) is 5.69 Å². The zero-order valence-electron chi connectivity index (χ0n) is 12.3. The summed E-state index contributed by atoms with van der Waals surface area (Å²) in [4.78, 5) is 0.312. The van der Waals surface area contributed by atoms with Crippen molar-refractivity contribution in [3.05, 3.63) is 53.6 Å². The molecule has 21 heavy (non-hydrogen) atoms. The van der Waals surface area contributed by atoms with E-state index in [4.69, 9.17) is 0 Å². The van der Waals surface area contributed by atoms with Crippen molar-refractivity contribution in [2.45, 2.75) is 24.8 Å². The lowest BCUT2D eigenvalue weighted by atomic mass is 10.1. The SMILES string of the molecule is Cc1ccc(NC(C)c2ccc(S(C)(=O)=O)cc2)cc1O. The third kappa shape index (κ3) is 3.76. The number of rotatable bonds is 4. The van der Waals surface area contributed by atoms with Gasteiger partial charge in [-0.1, -0.05) is 18.2 Å². The Hall–Kier alpha value is -2.01. The molecule has 0 amide bonds. The topological polar surface area (TPSA) is 66.4 Å². The summed E-state index contributed by atoms with van der Waals surface area (Å²) in [6, 6.07) is 12.2. The van der Waals surface area contributed by atoms with Crippen molar-refractivity contribution in [3.8, 4) is 5.75 Å². The van der Waals surface area contributed by atoms with Gasteiger partial charge in [0.2, 0.25) is 0 Å². The zero-order chi connectivity index (χ0) is 15.6. The Morgan fingerprint density at radius 1 is 1.10 bits per heavy atom. The molecule has 1 unspecified atom stereocenters. The van der Waals surface area contributed by atoms with Crippen molar-refractivity contribution in [1.29, 1.82) is 0 Å². The second-order valence-corrected chi connectivity index (χ2v) is 7.22. The molecule has 0 aliphatic carbocycles. The van der Waals surface area contributed by atoms with Crippen molar-refractivity contribution in [3.63, 3.8) is 0 Å². The van der Waals surface area contributed by atoms with Gasteiger partial charge in [-0.15, -0.1) is 0 Å². The van der Waals surface area contributed by atoms with E-state index in [1.165, 1.54) is 6.26 Å². The molecule has 112 valence electrons. The van der Waals surface area contributed by atoms with E-state index in [2.05, 4.69) is 5.32 Å². The van der Waals surface area contributed by atoms with Crippen LogP contribution in [0.3, 0.4) is 0 Å². The van der Waals surface area contributed by atoms with Gasteiger partial charge in [0.1, 0.15) is 5.75 Å². The molecule has 0 aliphatic heterocycles. The number of nitrogens with one attached hydrogen (secondary N) is 1. The number of sulfone groups is 1. The van der Waals surface area contributed by atoms with Crippen molar-refractivity contribution in [1.82, 2.24) is 0 Å². The summed E-state index contributed by atoms with van der Waals surface area (Å²) < 4.78 is 22.9. The minimum absolute atomic E-state index is 0.000663. The van der Waals surface area contributed by atoms with Crippen LogP contribution in [0.5, 0.6) is 5.75 Å². The predicted molar refractivity (Wildman–Crippen MR) is 84.4 cm³/mol. The molecule has 2 N–H and O–H groups in total. The van der Waals surface area contributed by atoms with Crippen LogP contribution in [0.2, 0.25) is 0 Å². The van der Waals surface area contributed by atoms with Gasteiger partial charge in [0.25, 0.3) is 0 Å². The fraction of sp³-hybridized carbons (Fsp3) is 0.250. The minimum atomic E-state index is -3.17. The Kier molecular flexibility index (Phi) is 4.23. The highest BCUT2D eigenvalue weighted by atomic mass is 32.2. The maximum atomic E-state index is 11.4. The van der Waals surface area contributed by atoms with Gasteiger partial charge in [-0.3, -0.25) is 0 Å². The summed E-state index contributed by atoms with van der Waals surface area (Å²) in [7, 11) is -3.17. The summed E-state index contributed by atoms with van der Waals surface area (Å²) in [5.74, 6) is 0.250. The van der Waals surface area contributed by atoms with Gasteiger partial charge in [-0.25, -0.2) is 8.42 Å². The van der Waals surface area contributed by atoms with Gasteiger partial charge in [0.05, 0.1) is 4.90 Å². The van der Waals surface area contributed by atoms with E-state index in [0.29, 0.717) is 4.90 Å². The lowest BCUT2D eigenvalue weighted by molar-refractivity contribution is 0.471. The highest BCUT2D eigenvalue weighted by Crippen LogP contribution is 2.25. The van der Waals surface area contributed by atoms with E-state index < -0.39 is 9.84 Å². The van der Waals surface area contributed by atoms with Crippen molar-refractivity contribution in [2.24, 2.45) is 0 Å². The molecule has 5 heteroatoms. The molecule has 2 rings (SSSR count). The monoisotopic (exact) mass is 305 g/mol. The van der Waals surface area contributed by atoms with Crippen LogP contribution in [0.1, 0.15) is 24.1 Å². The molecule has 2 aromatic rings. The Balaban J connectivity index is 2.16. The van der Waals surface area contributed by atoms with E-state index >= 15 is 0 Å². The van der Waals surface area contributed by atoms with Gasteiger partial charge in [0.15, 0.2) is 9.84 Å². The van der Waals surface area contributed by atoms with Crippen molar-refractivity contribution >= 4 is 15.5 Å². The summed E-state index contributed by atoms with van der Waals surface area (Å²) in [5, 5.41) is 13.0. The van der Waals surface area contributed by atoms with Gasteiger partial charge >= 0.3 is 0 Å². The summed E-state index contributed by atoms with van der Waals surface area (Å²) in [6.07, 6.45) is 1.19. The molecular formula is C16H19NO3S. The number of phenols is 1. The highest BCUT2D eigenvalue weighted by molar-refractivity contribution is 7.90. The average molecular weight is 305 g/mol. The molecule has 1 atom stereocenters. The smallest absolute Gasteiger partial charge is 0.175 e. The molecule has 4 nitrogen and oxygen atoms in total. The number of aryl methyl sites for hydroxylation is 1. The minimum Gasteiger partial charge on any atom is -0.508 e. The summed E-state index contributed by atoms with van der Waals surface area (Å²) in [6.45, 7) is 3.82. The largest absolute Gasteiger partial charge is 0.508 e. The third-order valence-electron chi connectivity index (χ3n) is 3.40. The Morgan fingerprint density at radius 3 is 2.24 bits per heavy atom. The van der Waals surface area contributed by atoms with Gasteiger partial charge in [-0.2, -0.15) is 0 Å². The standard InChI is InChI=1S/C16H19NO3S/c1-11-4-7-14(10-16(11)18)17-12(2)13-5-8-15(9-6-13)21(3,19)20/h4-10,12,17-18H,1-3H3. The first-order chi connectivity index (χ1) is 9.77. The summed E-state index contributed by atoms with van der Waals surface area (Å²) in [5.41, 5.74) is 2.62. The summed E-state index contributed by atoms with van der Waals surface area (Å²) >= 11 is 0. The molecule has 2 aromatic carbocycles. The number of anilines is 1. The van der Waals surface area contributed by atoms with E-state index in [9.17, 15) is 13.5 Å². The molecule has 0 fully saturated rings. The molecule has 0 radical (unpaired) electrons. The molecule has 0 bridgehead atoms. The normalized spacial score (nSPS) is 12.9. The van der Waals surface area contributed by atoms with Crippen LogP contribution in [0, 0.1) is 6.92 Å². The number of benzene rings is 2. The maximum Gasteiger partial charge on any atom is 0.175 e. The Morgan fingerprint density at radius 2 is 1.71 bits per heavy atom. The number of hydrogen-bond donors (Lipinski definition) is 2. The van der Waals surface area contributed by atoms with E-state index in [1.807, 2.05) is 26.0 Å². The second-order valence-electron chi connectivity index (χ2n) is 5.21. The first-order valence-corrected chi connectivity index (χ1v) is 8.52. The molecular weight excluding hydrogens is 286 g/mol. The molecule has 0 heterocycles. The first-order valence-electron chi connectivity index (χ1n) is 6.63. The quantitative estimate of drug-likeness (QED) is 0.909. The molecule has 0 aromatic heterocycles. The fourth-order valence-electron chi connectivity index (χ4n) is 2.04. The van der Waals surface area contributed by atoms with Crippen LogP contribution >= 0.6 is 0 Å². The fourth-order valence-corrected chi connectivity index (χ4v) is 2.67. The maximum absolute atomic E-state index is 11.4. The van der Waals surface area contributed by atoms with E-state index in [0.717, 1.165) is 16.8 Å². The molecule has 0 saturated heterocycles. The van der Waals surface area contributed by atoms with Crippen molar-refractivity contribution in [2.75, 3.05) is 11.6 Å². The van der Waals surface area contributed by atoms with Crippen LogP contribution in [0.15, 0.2) is 47.4 Å². The first kappa shape index (κ1) is 15.4. The van der Waals surface area contributed by atoms with Crippen LogP contribution in [-0.4, -0.2) is 19.8 Å². The van der Waals surface area contributed by atoms with Gasteiger partial charge in [0, 0.05) is 24.1 Å². The Labute approximate surface area is 125 Å². The molecule has 0 spiro atoms. The lowest BCUT2D eigenvalue weighted by Crippen LogP contribution is -2.07. The van der Waals surface area contributed by atoms with Crippen LogP contribution in [0.25, 0.3) is 0 Å².